The highest BCUT2D eigenvalue weighted by Crippen LogP contribution is 2.20. The number of carbonyl (C=O) groups is 2. The number of rotatable bonds is 8. The van der Waals surface area contributed by atoms with Gasteiger partial charge < -0.3 is 15.2 Å². The highest BCUT2D eigenvalue weighted by molar-refractivity contribution is 7.99. The van der Waals surface area contributed by atoms with Crippen LogP contribution in [-0.2, 0) is 16.1 Å². The number of thioether (sulfide) groups is 1. The molecule has 0 aliphatic rings. The lowest BCUT2D eigenvalue weighted by atomic mass is 10.2. The number of benzene rings is 2. The Kier molecular flexibility index (Phi) is 6.87. The number of aromatic amines is 1. The van der Waals surface area contributed by atoms with Crippen molar-refractivity contribution in [1.29, 1.82) is 0 Å². The van der Waals surface area contributed by atoms with Gasteiger partial charge in [0.25, 0.3) is 0 Å². The van der Waals surface area contributed by atoms with Crippen molar-refractivity contribution in [2.45, 2.75) is 25.5 Å². The molecule has 29 heavy (non-hydrogen) atoms. The molecule has 3 aromatic rings. The average Bonchev–Trinajstić information content (AvgIpc) is 3.11. The van der Waals surface area contributed by atoms with Crippen molar-refractivity contribution in [3.8, 4) is 0 Å². The Morgan fingerprint density at radius 3 is 2.69 bits per heavy atom. The third-order valence-electron chi connectivity index (χ3n) is 4.42. The Morgan fingerprint density at radius 1 is 1.21 bits per heavy atom. The molecule has 1 heterocycles. The summed E-state index contributed by atoms with van der Waals surface area (Å²) < 4.78 is 12.9. The minimum Gasteiger partial charge on any atom is -0.350 e. The van der Waals surface area contributed by atoms with Gasteiger partial charge in [0, 0.05) is 13.1 Å². The molecule has 0 aliphatic carbocycles. The number of carbonyl (C=O) groups excluding carboxylic acids is 2. The van der Waals surface area contributed by atoms with Crippen LogP contribution in [-0.4, -0.2) is 45.5 Å². The van der Waals surface area contributed by atoms with Gasteiger partial charge in [-0.1, -0.05) is 30.0 Å². The normalized spacial score (nSPS) is 10.9. The zero-order valence-corrected chi connectivity index (χ0v) is 17.2. The second-order valence-corrected chi connectivity index (χ2v) is 7.63. The quantitative estimate of drug-likeness (QED) is 0.555. The molecule has 0 aliphatic heterocycles. The third kappa shape index (κ3) is 5.80. The number of H-pyrrole nitrogens is 1. The number of amides is 2. The van der Waals surface area contributed by atoms with E-state index in [9.17, 15) is 14.0 Å². The zero-order chi connectivity index (χ0) is 20.8. The fourth-order valence-electron chi connectivity index (χ4n) is 2.80. The van der Waals surface area contributed by atoms with Crippen molar-refractivity contribution in [2.75, 3.05) is 18.8 Å². The molecule has 1 aromatic heterocycles. The predicted octanol–water partition coefficient (Wildman–Crippen LogP) is 3.27. The van der Waals surface area contributed by atoms with Crippen molar-refractivity contribution >= 4 is 34.6 Å². The molecule has 6 nitrogen and oxygen atoms in total. The number of hydrogen-bond donors (Lipinski definition) is 2. The number of nitrogens with zero attached hydrogens (tertiary/aromatic N) is 2. The van der Waals surface area contributed by atoms with Gasteiger partial charge in [0.05, 0.1) is 23.3 Å². The maximum absolute atomic E-state index is 12.9. The number of aryl methyl sites for hydroxylation is 1. The van der Waals surface area contributed by atoms with Crippen LogP contribution in [0.4, 0.5) is 4.39 Å². The highest BCUT2D eigenvalue weighted by Gasteiger charge is 2.16. The molecule has 2 N–H and O–H groups in total. The Bertz CT molecular complexity index is 1000. The van der Waals surface area contributed by atoms with Crippen LogP contribution in [0.25, 0.3) is 11.0 Å². The summed E-state index contributed by atoms with van der Waals surface area (Å²) >= 11 is 1.32. The average molecular weight is 415 g/mol. The second-order valence-electron chi connectivity index (χ2n) is 6.66. The Balaban J connectivity index is 1.49. The first-order valence-electron chi connectivity index (χ1n) is 9.32. The highest BCUT2D eigenvalue weighted by atomic mass is 32.2. The molecule has 152 valence electrons. The third-order valence-corrected chi connectivity index (χ3v) is 5.28. The minimum absolute atomic E-state index is 0.0174. The van der Waals surface area contributed by atoms with Crippen LogP contribution >= 0.6 is 11.8 Å². The summed E-state index contributed by atoms with van der Waals surface area (Å²) in [6.07, 6.45) is 0. The van der Waals surface area contributed by atoms with Crippen molar-refractivity contribution in [1.82, 2.24) is 20.2 Å². The van der Waals surface area contributed by atoms with Crippen molar-refractivity contribution < 1.29 is 14.0 Å². The Morgan fingerprint density at radius 2 is 1.97 bits per heavy atom. The molecule has 8 heteroatoms. The smallest absolute Gasteiger partial charge is 0.239 e. The number of likely N-dealkylation sites (N-methyl/N-ethyl adjacent to an activating group) is 1. The summed E-state index contributed by atoms with van der Waals surface area (Å²) in [6.45, 7) is 4.55. The number of nitrogens with one attached hydrogen (secondary N) is 2. The largest absolute Gasteiger partial charge is 0.350 e. The van der Waals surface area contributed by atoms with Gasteiger partial charge in [-0.2, -0.15) is 0 Å². The van der Waals surface area contributed by atoms with Crippen LogP contribution in [0.1, 0.15) is 18.1 Å². The number of halogens is 1. The summed E-state index contributed by atoms with van der Waals surface area (Å²) in [6, 6.07) is 11.9. The summed E-state index contributed by atoms with van der Waals surface area (Å²) in [4.78, 5) is 33.9. The first-order chi connectivity index (χ1) is 13.9. The molecule has 0 saturated heterocycles. The lowest BCUT2D eigenvalue weighted by molar-refractivity contribution is -0.133. The van der Waals surface area contributed by atoms with Crippen LogP contribution in [0.2, 0.25) is 0 Å². The van der Waals surface area contributed by atoms with Crippen LogP contribution in [0.3, 0.4) is 0 Å². The van der Waals surface area contributed by atoms with E-state index in [1.54, 1.807) is 12.1 Å². The predicted molar refractivity (Wildman–Crippen MR) is 112 cm³/mol. The molecule has 3 rings (SSSR count). The molecular formula is C21H23FN4O2S. The van der Waals surface area contributed by atoms with Gasteiger partial charge in [0.2, 0.25) is 11.8 Å². The van der Waals surface area contributed by atoms with Gasteiger partial charge in [-0.15, -0.1) is 0 Å². The van der Waals surface area contributed by atoms with E-state index in [1.165, 1.54) is 28.8 Å². The lowest BCUT2D eigenvalue weighted by Gasteiger charge is -2.20. The number of fused-ring (bicyclic) bond motifs is 1. The Labute approximate surface area is 172 Å². The van der Waals surface area contributed by atoms with Gasteiger partial charge >= 0.3 is 0 Å². The summed E-state index contributed by atoms with van der Waals surface area (Å²) in [5, 5.41) is 3.43. The maximum atomic E-state index is 12.9. The summed E-state index contributed by atoms with van der Waals surface area (Å²) in [5.41, 5.74) is 3.73. The van der Waals surface area contributed by atoms with Gasteiger partial charge in [-0.3, -0.25) is 9.59 Å². The van der Waals surface area contributed by atoms with E-state index in [2.05, 4.69) is 15.3 Å². The van der Waals surface area contributed by atoms with Gasteiger partial charge in [0.1, 0.15) is 5.82 Å². The first-order valence-corrected chi connectivity index (χ1v) is 10.3. The molecule has 0 bridgehead atoms. The van der Waals surface area contributed by atoms with E-state index in [0.717, 1.165) is 22.2 Å². The number of aromatic nitrogens is 2. The van der Waals surface area contributed by atoms with Gasteiger partial charge in [0.15, 0.2) is 5.16 Å². The van der Waals surface area contributed by atoms with Crippen molar-refractivity contribution in [3.05, 3.63) is 59.4 Å². The molecule has 0 fully saturated rings. The van der Waals surface area contributed by atoms with Crippen LogP contribution in [0.5, 0.6) is 0 Å². The fraction of sp³-hybridized carbons (Fsp3) is 0.286. The molecule has 2 amide bonds. The van der Waals surface area contributed by atoms with E-state index in [-0.39, 0.29) is 36.5 Å². The Hall–Kier alpha value is -2.87. The molecule has 2 aromatic carbocycles. The minimum atomic E-state index is -0.320. The molecule has 0 unspecified atom stereocenters. The second kappa shape index (κ2) is 9.56. The molecule has 0 spiro atoms. The van der Waals surface area contributed by atoms with Crippen LogP contribution in [0.15, 0.2) is 47.6 Å². The first kappa shape index (κ1) is 20.9. The standard InChI is InChI=1S/C21H23FN4O2S/c1-3-26(12-19(27)23-11-15-5-7-16(22)8-6-15)20(28)13-29-21-24-17-9-4-14(2)10-18(17)25-21/h4-10H,3,11-13H2,1-2H3,(H,23,27)(H,24,25). The molecular weight excluding hydrogens is 391 g/mol. The number of imidazole rings is 1. The van der Waals surface area contributed by atoms with E-state index < -0.39 is 0 Å². The van der Waals surface area contributed by atoms with E-state index in [1.807, 2.05) is 32.0 Å². The van der Waals surface area contributed by atoms with E-state index in [0.29, 0.717) is 11.7 Å². The van der Waals surface area contributed by atoms with E-state index in [4.69, 9.17) is 0 Å². The lowest BCUT2D eigenvalue weighted by Crippen LogP contribution is -2.41. The van der Waals surface area contributed by atoms with Crippen molar-refractivity contribution in [3.63, 3.8) is 0 Å². The van der Waals surface area contributed by atoms with E-state index >= 15 is 0 Å². The van der Waals surface area contributed by atoms with Crippen LogP contribution < -0.4 is 5.32 Å². The zero-order valence-electron chi connectivity index (χ0n) is 16.4. The van der Waals surface area contributed by atoms with Crippen LogP contribution in [0, 0.1) is 12.7 Å². The number of hydrogen-bond acceptors (Lipinski definition) is 4. The maximum Gasteiger partial charge on any atom is 0.239 e. The monoisotopic (exact) mass is 414 g/mol. The molecule has 0 atom stereocenters. The topological polar surface area (TPSA) is 78.1 Å². The fourth-order valence-corrected chi connectivity index (χ4v) is 3.59. The molecule has 0 saturated carbocycles. The summed E-state index contributed by atoms with van der Waals surface area (Å²) in [5.74, 6) is -0.516. The SMILES string of the molecule is CCN(CC(=O)NCc1ccc(F)cc1)C(=O)CSc1nc2ccc(C)cc2[nH]1. The summed E-state index contributed by atoms with van der Waals surface area (Å²) in [7, 11) is 0. The van der Waals surface area contributed by atoms with Crippen molar-refractivity contribution in [2.24, 2.45) is 0 Å². The van der Waals surface area contributed by atoms with Gasteiger partial charge in [-0.25, -0.2) is 9.37 Å². The molecule has 0 radical (unpaired) electrons. The van der Waals surface area contributed by atoms with Gasteiger partial charge in [-0.05, 0) is 49.2 Å².